The fourth-order valence-electron chi connectivity index (χ4n) is 1.62. The number of hydrogen-bond donors (Lipinski definition) is 2. The van der Waals surface area contributed by atoms with E-state index in [1.165, 1.54) is 4.90 Å². The number of carbonyl (C=O) groups is 2. The van der Waals surface area contributed by atoms with Crippen LogP contribution >= 0.6 is 0 Å². The smallest absolute Gasteiger partial charge is 0.323 e. The van der Waals surface area contributed by atoms with Gasteiger partial charge in [-0.3, -0.25) is 9.59 Å². The van der Waals surface area contributed by atoms with Gasteiger partial charge >= 0.3 is 5.97 Å². The number of carbonyl (C=O) groups excluding carboxylic acids is 1. The van der Waals surface area contributed by atoms with Crippen molar-refractivity contribution in [3.05, 3.63) is 0 Å². The molecule has 0 spiro atoms. The predicted molar refractivity (Wildman–Crippen MR) is 69.7 cm³/mol. The number of terminal acetylenes is 1. The van der Waals surface area contributed by atoms with Crippen molar-refractivity contribution in [2.45, 2.75) is 33.1 Å². The zero-order valence-electron chi connectivity index (χ0n) is 11.1. The number of nitrogens with zero attached hydrogens (tertiary/aromatic N) is 1. The zero-order valence-corrected chi connectivity index (χ0v) is 11.1. The van der Waals surface area contributed by atoms with Crippen LogP contribution in [0.15, 0.2) is 0 Å². The van der Waals surface area contributed by atoms with Crippen LogP contribution in [0.2, 0.25) is 0 Å². The summed E-state index contributed by atoms with van der Waals surface area (Å²) in [5.41, 5.74) is 5.48. The maximum Gasteiger partial charge on any atom is 0.323 e. The van der Waals surface area contributed by atoms with Gasteiger partial charge in [0.15, 0.2) is 0 Å². The lowest BCUT2D eigenvalue weighted by Gasteiger charge is -2.25. The van der Waals surface area contributed by atoms with Crippen LogP contribution in [0.25, 0.3) is 0 Å². The Hall–Kier alpha value is -1.54. The van der Waals surface area contributed by atoms with Gasteiger partial charge in [0.2, 0.25) is 5.91 Å². The monoisotopic (exact) mass is 254 g/mol. The van der Waals surface area contributed by atoms with Crippen LogP contribution in [0.5, 0.6) is 0 Å². The van der Waals surface area contributed by atoms with E-state index in [1.807, 2.05) is 13.8 Å². The molecule has 0 aliphatic rings. The van der Waals surface area contributed by atoms with Gasteiger partial charge in [0.1, 0.15) is 6.54 Å². The molecule has 0 unspecified atom stereocenters. The first-order valence-electron chi connectivity index (χ1n) is 5.95. The molecule has 0 aromatic carbocycles. The van der Waals surface area contributed by atoms with E-state index in [-0.39, 0.29) is 24.4 Å². The average Bonchev–Trinajstić information content (AvgIpc) is 2.25. The van der Waals surface area contributed by atoms with Gasteiger partial charge in [-0.1, -0.05) is 19.8 Å². The largest absolute Gasteiger partial charge is 0.480 e. The Kier molecular flexibility index (Phi) is 7.06. The van der Waals surface area contributed by atoms with Crippen molar-refractivity contribution >= 4 is 11.9 Å². The summed E-state index contributed by atoms with van der Waals surface area (Å²) in [5, 5.41) is 8.69. The highest BCUT2D eigenvalue weighted by atomic mass is 16.4. The third kappa shape index (κ3) is 6.92. The van der Waals surface area contributed by atoms with Crippen molar-refractivity contribution < 1.29 is 14.7 Å². The standard InChI is InChI=1S/C13H22N2O3/c1-4-9-15(10-12(17)18)11(16)5-6-13(2,3)7-8-14/h1H,5-10,14H2,2-3H3,(H,17,18). The molecule has 0 heterocycles. The van der Waals surface area contributed by atoms with Gasteiger partial charge in [-0.05, 0) is 24.8 Å². The maximum atomic E-state index is 11.9. The second kappa shape index (κ2) is 7.72. The molecule has 0 aromatic rings. The van der Waals surface area contributed by atoms with Crippen molar-refractivity contribution in [3.8, 4) is 12.3 Å². The Bertz CT molecular complexity index is 332. The normalized spacial score (nSPS) is 10.8. The summed E-state index contributed by atoms with van der Waals surface area (Å²) >= 11 is 0. The fraction of sp³-hybridized carbons (Fsp3) is 0.692. The molecule has 0 aliphatic heterocycles. The molecule has 5 heteroatoms. The number of carboxylic acids is 1. The van der Waals surface area contributed by atoms with E-state index in [0.717, 1.165) is 6.42 Å². The first-order chi connectivity index (χ1) is 8.32. The number of hydrogen-bond acceptors (Lipinski definition) is 3. The lowest BCUT2D eigenvalue weighted by Crippen LogP contribution is -2.36. The Morgan fingerprint density at radius 1 is 1.39 bits per heavy atom. The van der Waals surface area contributed by atoms with Gasteiger partial charge in [0.05, 0.1) is 6.54 Å². The molecule has 0 fully saturated rings. The minimum Gasteiger partial charge on any atom is -0.480 e. The van der Waals surface area contributed by atoms with E-state index in [1.54, 1.807) is 0 Å². The summed E-state index contributed by atoms with van der Waals surface area (Å²) in [5.74, 6) is 1.02. The molecule has 0 rings (SSSR count). The highest BCUT2D eigenvalue weighted by molar-refractivity contribution is 5.81. The van der Waals surface area contributed by atoms with Gasteiger partial charge < -0.3 is 15.7 Å². The molecule has 0 atom stereocenters. The van der Waals surface area contributed by atoms with Crippen LogP contribution in [-0.4, -0.2) is 41.5 Å². The molecule has 18 heavy (non-hydrogen) atoms. The lowest BCUT2D eigenvalue weighted by atomic mass is 9.84. The molecule has 0 bridgehead atoms. The van der Waals surface area contributed by atoms with Crippen LogP contribution in [0.3, 0.4) is 0 Å². The van der Waals surface area contributed by atoms with E-state index >= 15 is 0 Å². The molecule has 5 nitrogen and oxygen atoms in total. The van der Waals surface area contributed by atoms with E-state index in [2.05, 4.69) is 5.92 Å². The van der Waals surface area contributed by atoms with Crippen molar-refractivity contribution in [1.29, 1.82) is 0 Å². The van der Waals surface area contributed by atoms with Crippen molar-refractivity contribution in [2.24, 2.45) is 11.1 Å². The average molecular weight is 254 g/mol. The van der Waals surface area contributed by atoms with Crippen LogP contribution < -0.4 is 5.73 Å². The van der Waals surface area contributed by atoms with E-state index in [4.69, 9.17) is 17.3 Å². The van der Waals surface area contributed by atoms with Gasteiger partial charge in [0, 0.05) is 6.42 Å². The van der Waals surface area contributed by atoms with E-state index in [9.17, 15) is 9.59 Å². The second-order valence-corrected chi connectivity index (χ2v) is 5.05. The number of rotatable bonds is 8. The maximum absolute atomic E-state index is 11.9. The first kappa shape index (κ1) is 16.5. The number of carboxylic acid groups (broad SMARTS) is 1. The summed E-state index contributed by atoms with van der Waals surface area (Å²) in [6.07, 6.45) is 6.91. The highest BCUT2D eigenvalue weighted by Gasteiger charge is 2.21. The molecule has 1 amide bonds. The Labute approximate surface area is 108 Å². The van der Waals surface area contributed by atoms with Crippen molar-refractivity contribution in [2.75, 3.05) is 19.6 Å². The predicted octanol–water partition coefficient (Wildman–Crippen LogP) is 0.688. The Balaban J connectivity index is 4.35. The third-order valence-corrected chi connectivity index (χ3v) is 2.80. The van der Waals surface area contributed by atoms with Crippen LogP contribution in [0.1, 0.15) is 33.1 Å². The van der Waals surface area contributed by atoms with Crippen molar-refractivity contribution in [3.63, 3.8) is 0 Å². The Morgan fingerprint density at radius 2 is 2.00 bits per heavy atom. The second-order valence-electron chi connectivity index (χ2n) is 5.05. The van der Waals surface area contributed by atoms with Gasteiger partial charge in [-0.2, -0.15) is 0 Å². The van der Waals surface area contributed by atoms with Gasteiger partial charge in [-0.15, -0.1) is 6.42 Å². The minimum atomic E-state index is -1.06. The molecular formula is C13H22N2O3. The SMILES string of the molecule is C#CCN(CC(=O)O)C(=O)CCC(C)(C)CCN. The number of amides is 1. The molecule has 0 aliphatic carbocycles. The topological polar surface area (TPSA) is 83.6 Å². The van der Waals surface area contributed by atoms with Crippen LogP contribution in [0, 0.1) is 17.8 Å². The van der Waals surface area contributed by atoms with Gasteiger partial charge in [0.25, 0.3) is 0 Å². The summed E-state index contributed by atoms with van der Waals surface area (Å²) in [7, 11) is 0. The molecule has 3 N–H and O–H groups in total. The Morgan fingerprint density at radius 3 is 2.44 bits per heavy atom. The summed E-state index contributed by atoms with van der Waals surface area (Å²) in [6, 6.07) is 0. The lowest BCUT2D eigenvalue weighted by molar-refractivity contribution is -0.144. The summed E-state index contributed by atoms with van der Waals surface area (Å²) in [6.45, 7) is 4.33. The first-order valence-corrected chi connectivity index (χ1v) is 5.95. The van der Waals surface area contributed by atoms with Crippen LogP contribution in [-0.2, 0) is 9.59 Å². The fourth-order valence-corrected chi connectivity index (χ4v) is 1.62. The van der Waals surface area contributed by atoms with Crippen LogP contribution in [0.4, 0.5) is 0 Å². The summed E-state index contributed by atoms with van der Waals surface area (Å²) < 4.78 is 0. The highest BCUT2D eigenvalue weighted by Crippen LogP contribution is 2.26. The number of aliphatic carboxylic acids is 1. The van der Waals surface area contributed by atoms with E-state index in [0.29, 0.717) is 19.4 Å². The van der Waals surface area contributed by atoms with Crippen molar-refractivity contribution in [1.82, 2.24) is 4.90 Å². The minimum absolute atomic E-state index is 0.0184. The molecule has 0 radical (unpaired) electrons. The molecular weight excluding hydrogens is 232 g/mol. The molecule has 0 aromatic heterocycles. The quantitative estimate of drug-likeness (QED) is 0.624. The number of nitrogens with two attached hydrogens (primary N) is 1. The zero-order chi connectivity index (χ0) is 14.2. The molecule has 0 saturated carbocycles. The van der Waals surface area contributed by atoms with Gasteiger partial charge in [-0.25, -0.2) is 0 Å². The third-order valence-electron chi connectivity index (χ3n) is 2.80. The molecule has 102 valence electrons. The molecule has 0 saturated heterocycles. The summed E-state index contributed by atoms with van der Waals surface area (Å²) in [4.78, 5) is 23.7. The van der Waals surface area contributed by atoms with E-state index < -0.39 is 5.97 Å².